The maximum absolute atomic E-state index is 12.7. The van der Waals surface area contributed by atoms with E-state index in [1.54, 1.807) is 31.2 Å². The minimum atomic E-state index is -3.79. The fraction of sp³-hybridized carbons (Fsp3) is 0.107. The number of ether oxygens (including phenoxy) is 2. The lowest BCUT2D eigenvalue weighted by atomic mass is 10.1. The van der Waals surface area contributed by atoms with Crippen LogP contribution in [0.1, 0.15) is 6.92 Å². The van der Waals surface area contributed by atoms with E-state index in [1.165, 1.54) is 31.4 Å². The number of amides is 1. The molecule has 184 valence electrons. The number of carbonyl (C=O) groups is 1. The second kappa shape index (κ2) is 11.0. The predicted octanol–water partition coefficient (Wildman–Crippen LogP) is 5.57. The van der Waals surface area contributed by atoms with Gasteiger partial charge in [-0.1, -0.05) is 42.5 Å². The molecular formula is C28H26N2O5S. The molecular weight excluding hydrogens is 476 g/mol. The van der Waals surface area contributed by atoms with Crippen molar-refractivity contribution in [3.05, 3.63) is 103 Å². The van der Waals surface area contributed by atoms with Crippen molar-refractivity contribution in [1.29, 1.82) is 0 Å². The molecule has 0 radical (unpaired) electrons. The molecule has 36 heavy (non-hydrogen) atoms. The maximum atomic E-state index is 12.7. The molecule has 2 N–H and O–H groups in total. The molecule has 1 unspecified atom stereocenters. The molecule has 0 saturated carbocycles. The SMILES string of the molecule is COc1ccc(NS(=O)(=O)c2ccc(NC(=O)C(C)Oc3ccc(-c4ccccc4)cc3)cc2)cc1. The first-order chi connectivity index (χ1) is 17.3. The zero-order chi connectivity index (χ0) is 25.5. The summed E-state index contributed by atoms with van der Waals surface area (Å²) < 4.78 is 38.7. The maximum Gasteiger partial charge on any atom is 0.265 e. The molecule has 0 spiro atoms. The summed E-state index contributed by atoms with van der Waals surface area (Å²) in [6.45, 7) is 1.65. The van der Waals surface area contributed by atoms with E-state index in [1.807, 2.05) is 54.6 Å². The van der Waals surface area contributed by atoms with Gasteiger partial charge in [0.2, 0.25) is 0 Å². The van der Waals surface area contributed by atoms with Gasteiger partial charge in [-0.05, 0) is 78.7 Å². The highest BCUT2D eigenvalue weighted by Crippen LogP contribution is 2.23. The van der Waals surface area contributed by atoms with E-state index in [4.69, 9.17) is 9.47 Å². The summed E-state index contributed by atoms with van der Waals surface area (Å²) in [5.74, 6) is 0.845. The number of benzene rings is 4. The average Bonchev–Trinajstić information content (AvgIpc) is 2.90. The largest absolute Gasteiger partial charge is 0.497 e. The second-order valence-electron chi connectivity index (χ2n) is 8.00. The molecule has 4 aromatic rings. The number of methoxy groups -OCH3 is 1. The van der Waals surface area contributed by atoms with Gasteiger partial charge < -0.3 is 14.8 Å². The van der Waals surface area contributed by atoms with Crippen LogP contribution in [0.4, 0.5) is 11.4 Å². The molecule has 4 rings (SSSR count). The lowest BCUT2D eigenvalue weighted by Gasteiger charge is -2.15. The molecule has 0 saturated heterocycles. The van der Waals surface area contributed by atoms with Gasteiger partial charge in [0.1, 0.15) is 11.5 Å². The van der Waals surface area contributed by atoms with Crippen LogP contribution in [-0.4, -0.2) is 27.5 Å². The zero-order valence-corrected chi connectivity index (χ0v) is 20.7. The number of sulfonamides is 1. The van der Waals surface area contributed by atoms with Crippen LogP contribution >= 0.6 is 0 Å². The summed E-state index contributed by atoms with van der Waals surface area (Å²) in [7, 11) is -2.25. The van der Waals surface area contributed by atoms with Crippen molar-refractivity contribution in [2.24, 2.45) is 0 Å². The Morgan fingerprint density at radius 3 is 1.89 bits per heavy atom. The highest BCUT2D eigenvalue weighted by atomic mass is 32.2. The van der Waals surface area contributed by atoms with Crippen molar-refractivity contribution >= 4 is 27.3 Å². The van der Waals surface area contributed by atoms with Crippen molar-refractivity contribution in [3.8, 4) is 22.6 Å². The van der Waals surface area contributed by atoms with Crippen LogP contribution in [0.2, 0.25) is 0 Å². The van der Waals surface area contributed by atoms with Gasteiger partial charge in [0.25, 0.3) is 15.9 Å². The van der Waals surface area contributed by atoms with Crippen molar-refractivity contribution in [2.75, 3.05) is 17.1 Å². The summed E-state index contributed by atoms with van der Waals surface area (Å²) >= 11 is 0. The molecule has 1 amide bonds. The van der Waals surface area contributed by atoms with Crippen LogP contribution < -0.4 is 19.5 Å². The summed E-state index contributed by atoms with van der Waals surface area (Å²) in [6, 6.07) is 30.0. The Balaban J connectivity index is 1.34. The first-order valence-corrected chi connectivity index (χ1v) is 12.7. The third-order valence-corrected chi connectivity index (χ3v) is 6.82. The number of nitrogens with one attached hydrogen (secondary N) is 2. The molecule has 4 aromatic carbocycles. The molecule has 7 nitrogen and oxygen atoms in total. The molecule has 1 atom stereocenters. The molecule has 0 fully saturated rings. The number of rotatable bonds is 9. The lowest BCUT2D eigenvalue weighted by molar-refractivity contribution is -0.122. The third-order valence-electron chi connectivity index (χ3n) is 5.42. The Labute approximate surface area is 210 Å². The summed E-state index contributed by atoms with van der Waals surface area (Å²) in [4.78, 5) is 12.7. The van der Waals surface area contributed by atoms with Gasteiger partial charge in [0.05, 0.1) is 12.0 Å². The highest BCUT2D eigenvalue weighted by Gasteiger charge is 2.17. The van der Waals surface area contributed by atoms with E-state index in [-0.39, 0.29) is 10.8 Å². The number of hydrogen-bond donors (Lipinski definition) is 2. The average molecular weight is 503 g/mol. The Kier molecular flexibility index (Phi) is 7.56. The minimum absolute atomic E-state index is 0.0686. The van der Waals surface area contributed by atoms with Gasteiger partial charge in [-0.25, -0.2) is 8.42 Å². The van der Waals surface area contributed by atoms with Gasteiger partial charge >= 0.3 is 0 Å². The molecule has 0 aromatic heterocycles. The van der Waals surface area contributed by atoms with Crippen molar-refractivity contribution in [3.63, 3.8) is 0 Å². The van der Waals surface area contributed by atoms with Crippen LogP contribution in [0, 0.1) is 0 Å². The van der Waals surface area contributed by atoms with E-state index in [0.717, 1.165) is 11.1 Å². The van der Waals surface area contributed by atoms with E-state index < -0.39 is 16.1 Å². The first-order valence-electron chi connectivity index (χ1n) is 11.2. The standard InChI is InChI=1S/C28H26N2O5S/c1-20(35-26-14-8-22(9-15-26)21-6-4-3-5-7-21)28(31)29-23-12-18-27(19-13-23)36(32,33)30-24-10-16-25(34-2)17-11-24/h3-20,30H,1-2H3,(H,29,31). The monoisotopic (exact) mass is 502 g/mol. The van der Waals surface area contributed by atoms with Gasteiger partial charge in [0, 0.05) is 11.4 Å². The first kappa shape index (κ1) is 24.8. The van der Waals surface area contributed by atoms with Gasteiger partial charge in [0.15, 0.2) is 6.10 Å². The van der Waals surface area contributed by atoms with Gasteiger partial charge in [-0.15, -0.1) is 0 Å². The van der Waals surface area contributed by atoms with Gasteiger partial charge in [-0.2, -0.15) is 0 Å². The van der Waals surface area contributed by atoms with E-state index in [9.17, 15) is 13.2 Å². The number of anilines is 2. The molecule has 8 heteroatoms. The Morgan fingerprint density at radius 1 is 0.722 bits per heavy atom. The quantitative estimate of drug-likeness (QED) is 0.312. The molecule has 0 heterocycles. The molecule has 0 aliphatic carbocycles. The van der Waals surface area contributed by atoms with Crippen LogP contribution in [-0.2, 0) is 14.8 Å². The van der Waals surface area contributed by atoms with Crippen molar-refractivity contribution in [1.82, 2.24) is 0 Å². The normalized spacial score (nSPS) is 11.8. The smallest absolute Gasteiger partial charge is 0.265 e. The topological polar surface area (TPSA) is 93.7 Å². The van der Waals surface area contributed by atoms with Crippen molar-refractivity contribution < 1.29 is 22.7 Å². The van der Waals surface area contributed by atoms with Gasteiger partial charge in [-0.3, -0.25) is 9.52 Å². The lowest BCUT2D eigenvalue weighted by Crippen LogP contribution is -2.30. The highest BCUT2D eigenvalue weighted by molar-refractivity contribution is 7.92. The summed E-state index contributed by atoms with van der Waals surface area (Å²) in [5, 5.41) is 2.75. The van der Waals surface area contributed by atoms with Crippen LogP contribution in [0.15, 0.2) is 108 Å². The third kappa shape index (κ3) is 6.22. The van der Waals surface area contributed by atoms with E-state index in [2.05, 4.69) is 10.0 Å². The fourth-order valence-electron chi connectivity index (χ4n) is 3.45. The van der Waals surface area contributed by atoms with Crippen LogP contribution in [0.25, 0.3) is 11.1 Å². The van der Waals surface area contributed by atoms with E-state index in [0.29, 0.717) is 22.9 Å². The molecule has 0 bridgehead atoms. The van der Waals surface area contributed by atoms with Crippen molar-refractivity contribution in [2.45, 2.75) is 17.9 Å². The van der Waals surface area contributed by atoms with Crippen LogP contribution in [0.3, 0.4) is 0 Å². The predicted molar refractivity (Wildman–Crippen MR) is 141 cm³/mol. The number of hydrogen-bond acceptors (Lipinski definition) is 5. The Hall–Kier alpha value is -4.30. The van der Waals surface area contributed by atoms with Crippen LogP contribution in [0.5, 0.6) is 11.5 Å². The van der Waals surface area contributed by atoms with E-state index >= 15 is 0 Å². The minimum Gasteiger partial charge on any atom is -0.497 e. The summed E-state index contributed by atoms with van der Waals surface area (Å²) in [6.07, 6.45) is -0.757. The Bertz CT molecular complexity index is 1400. The molecule has 0 aliphatic heterocycles. The molecule has 0 aliphatic rings. The fourth-order valence-corrected chi connectivity index (χ4v) is 4.51. The zero-order valence-electron chi connectivity index (χ0n) is 19.8. The second-order valence-corrected chi connectivity index (χ2v) is 9.68. The summed E-state index contributed by atoms with van der Waals surface area (Å²) in [5.41, 5.74) is 3.02. The number of carbonyl (C=O) groups excluding carboxylic acids is 1. The Morgan fingerprint density at radius 2 is 1.28 bits per heavy atom.